The molecule has 5 heteroatoms. The monoisotopic (exact) mass is 472 g/mol. The molecule has 0 fully saturated rings. The highest BCUT2D eigenvalue weighted by atomic mass is 28.2. The summed E-state index contributed by atoms with van der Waals surface area (Å²) in [5.74, 6) is 3.82. The lowest BCUT2D eigenvalue weighted by Crippen LogP contribution is -2.30. The van der Waals surface area contributed by atoms with E-state index in [1.165, 1.54) is 10.4 Å². The van der Waals surface area contributed by atoms with Crippen LogP contribution in [0.2, 0.25) is 0 Å². The zero-order valence-electron chi connectivity index (χ0n) is 21.3. The average Bonchev–Trinajstić information content (AvgIpc) is 2.82. The maximum Gasteiger partial charge on any atom is 0.119 e. The molecule has 33 heavy (non-hydrogen) atoms. The Morgan fingerprint density at radius 2 is 0.879 bits per heavy atom. The van der Waals surface area contributed by atoms with E-state index in [-0.39, 0.29) is 0 Å². The van der Waals surface area contributed by atoms with Crippen LogP contribution < -0.4 is 29.3 Å². The van der Waals surface area contributed by atoms with Gasteiger partial charge in [-0.1, -0.05) is 53.4 Å². The molecule has 4 nitrogen and oxygen atoms in total. The van der Waals surface area contributed by atoms with Crippen LogP contribution in [0.3, 0.4) is 0 Å². The Morgan fingerprint density at radius 3 is 1.24 bits per heavy atom. The predicted octanol–water partition coefficient (Wildman–Crippen LogP) is 5.52. The van der Waals surface area contributed by atoms with E-state index in [2.05, 4.69) is 52.0 Å². The highest BCUT2D eigenvalue weighted by Gasteiger charge is 2.13. The summed E-state index contributed by atoms with van der Waals surface area (Å²) in [4.78, 5) is 0. The molecule has 0 aromatic heterocycles. The van der Waals surface area contributed by atoms with Crippen molar-refractivity contribution in [2.24, 2.45) is 0 Å². The van der Waals surface area contributed by atoms with Gasteiger partial charge in [0.1, 0.15) is 23.0 Å². The van der Waals surface area contributed by atoms with E-state index in [1.807, 2.05) is 12.1 Å². The molecule has 0 bridgehead atoms. The molecule has 0 radical (unpaired) electrons. The van der Waals surface area contributed by atoms with Crippen molar-refractivity contribution in [1.82, 2.24) is 0 Å². The maximum atomic E-state index is 6.19. The standard InChI is InChI=1S/C28H44O4Si/c1-5-9-17-29-23-13-15-25(31-19-11-7-3)27(21-23)33-28-22-24(30-18-10-6-2)14-16-26(28)32-20-12-8-4/h13-16,21-22H,5-12,17-20,33H2,1-4H3. The van der Waals surface area contributed by atoms with E-state index in [0.29, 0.717) is 0 Å². The quantitative estimate of drug-likeness (QED) is 0.211. The average molecular weight is 473 g/mol. The van der Waals surface area contributed by atoms with Crippen molar-refractivity contribution in [3.63, 3.8) is 0 Å². The van der Waals surface area contributed by atoms with Gasteiger partial charge in [0, 0.05) is 0 Å². The molecule has 0 aliphatic carbocycles. The number of unbranched alkanes of at least 4 members (excludes halogenated alkanes) is 4. The van der Waals surface area contributed by atoms with Gasteiger partial charge in [0.05, 0.1) is 35.9 Å². The number of hydrogen-bond donors (Lipinski definition) is 0. The normalized spacial score (nSPS) is 10.8. The topological polar surface area (TPSA) is 36.9 Å². The summed E-state index contributed by atoms with van der Waals surface area (Å²) in [6, 6.07) is 12.6. The molecule has 0 amide bonds. The second kappa shape index (κ2) is 16.5. The van der Waals surface area contributed by atoms with E-state index in [9.17, 15) is 0 Å². The SMILES string of the molecule is CCCCOc1ccc(OCCCC)c([SiH2]c2cc(OCCCC)ccc2OCCCC)c1. The number of hydrogen-bond acceptors (Lipinski definition) is 4. The highest BCUT2D eigenvalue weighted by molar-refractivity contribution is 6.69. The first-order chi connectivity index (χ1) is 16.2. The highest BCUT2D eigenvalue weighted by Crippen LogP contribution is 2.20. The van der Waals surface area contributed by atoms with Gasteiger partial charge < -0.3 is 18.9 Å². The Balaban J connectivity index is 2.29. The Hall–Kier alpha value is -2.14. The van der Waals surface area contributed by atoms with Crippen molar-refractivity contribution in [3.8, 4) is 23.0 Å². The Labute approximate surface area is 203 Å². The summed E-state index contributed by atoms with van der Waals surface area (Å²) in [6.07, 6.45) is 8.74. The summed E-state index contributed by atoms with van der Waals surface area (Å²) in [5, 5.41) is 2.51. The summed E-state index contributed by atoms with van der Waals surface area (Å²) in [5.41, 5.74) is 0. The Bertz CT molecular complexity index is 728. The van der Waals surface area contributed by atoms with E-state index in [4.69, 9.17) is 18.9 Å². The Morgan fingerprint density at radius 1 is 0.515 bits per heavy atom. The van der Waals surface area contributed by atoms with Crippen LogP contribution in [-0.2, 0) is 0 Å². The van der Waals surface area contributed by atoms with Crippen LogP contribution >= 0.6 is 0 Å². The largest absolute Gasteiger partial charge is 0.494 e. The third kappa shape index (κ3) is 10.1. The molecule has 0 saturated heterocycles. The van der Waals surface area contributed by atoms with Gasteiger partial charge in [0.15, 0.2) is 0 Å². The van der Waals surface area contributed by atoms with Crippen molar-refractivity contribution in [2.75, 3.05) is 26.4 Å². The fourth-order valence-corrected chi connectivity index (χ4v) is 5.18. The molecule has 0 atom stereocenters. The maximum absolute atomic E-state index is 6.19. The zero-order valence-corrected chi connectivity index (χ0v) is 22.7. The van der Waals surface area contributed by atoms with Gasteiger partial charge in [-0.05, 0) is 72.5 Å². The smallest absolute Gasteiger partial charge is 0.119 e. The van der Waals surface area contributed by atoms with Crippen LogP contribution in [0.4, 0.5) is 0 Å². The molecule has 0 spiro atoms. The van der Waals surface area contributed by atoms with Crippen LogP contribution in [0.5, 0.6) is 23.0 Å². The molecule has 0 N–H and O–H groups in total. The first-order valence-corrected chi connectivity index (χ1v) is 14.4. The van der Waals surface area contributed by atoms with Crippen molar-refractivity contribution in [1.29, 1.82) is 0 Å². The third-order valence-corrected chi connectivity index (χ3v) is 7.36. The first-order valence-electron chi connectivity index (χ1n) is 13.0. The molecule has 0 heterocycles. The van der Waals surface area contributed by atoms with Crippen LogP contribution in [0.15, 0.2) is 36.4 Å². The fourth-order valence-electron chi connectivity index (χ4n) is 3.38. The molecule has 2 aromatic rings. The van der Waals surface area contributed by atoms with Crippen LogP contribution in [0.25, 0.3) is 0 Å². The van der Waals surface area contributed by atoms with Crippen molar-refractivity contribution >= 4 is 19.9 Å². The summed E-state index contributed by atoms with van der Waals surface area (Å²) in [6.45, 7) is 11.7. The molecular weight excluding hydrogens is 428 g/mol. The van der Waals surface area contributed by atoms with Crippen LogP contribution in [-0.4, -0.2) is 35.9 Å². The molecular formula is C28H44O4Si. The fraction of sp³-hybridized carbons (Fsp3) is 0.571. The van der Waals surface area contributed by atoms with Crippen LogP contribution in [0.1, 0.15) is 79.1 Å². The van der Waals surface area contributed by atoms with Crippen LogP contribution in [0, 0.1) is 0 Å². The van der Waals surface area contributed by atoms with Gasteiger partial charge in [-0.2, -0.15) is 0 Å². The second-order valence-electron chi connectivity index (χ2n) is 8.52. The molecule has 184 valence electrons. The number of benzene rings is 2. The van der Waals surface area contributed by atoms with Gasteiger partial charge in [0.2, 0.25) is 0 Å². The molecule has 0 saturated carbocycles. The minimum Gasteiger partial charge on any atom is -0.494 e. The minimum atomic E-state index is -0.870. The van der Waals surface area contributed by atoms with E-state index >= 15 is 0 Å². The lowest BCUT2D eigenvalue weighted by Gasteiger charge is -2.17. The van der Waals surface area contributed by atoms with Gasteiger partial charge >= 0.3 is 0 Å². The number of rotatable bonds is 18. The van der Waals surface area contributed by atoms with Gasteiger partial charge in [-0.3, -0.25) is 0 Å². The third-order valence-electron chi connectivity index (χ3n) is 5.49. The van der Waals surface area contributed by atoms with Crippen molar-refractivity contribution in [2.45, 2.75) is 79.1 Å². The van der Waals surface area contributed by atoms with E-state index in [0.717, 1.165) is 101 Å². The lowest BCUT2D eigenvalue weighted by atomic mass is 10.3. The first kappa shape index (κ1) is 27.1. The van der Waals surface area contributed by atoms with E-state index in [1.54, 1.807) is 0 Å². The predicted molar refractivity (Wildman–Crippen MR) is 142 cm³/mol. The van der Waals surface area contributed by atoms with Gasteiger partial charge in [0.25, 0.3) is 0 Å². The van der Waals surface area contributed by atoms with Gasteiger partial charge in [-0.25, -0.2) is 0 Å². The number of ether oxygens (including phenoxy) is 4. The molecule has 0 aliphatic heterocycles. The second-order valence-corrected chi connectivity index (χ2v) is 10.4. The molecule has 0 unspecified atom stereocenters. The molecule has 2 aromatic carbocycles. The van der Waals surface area contributed by atoms with E-state index < -0.39 is 9.52 Å². The Kier molecular flexibility index (Phi) is 13.5. The zero-order chi connectivity index (χ0) is 23.7. The minimum absolute atomic E-state index is 0.744. The summed E-state index contributed by atoms with van der Waals surface area (Å²) >= 11 is 0. The molecule has 0 aliphatic rings. The van der Waals surface area contributed by atoms with Crippen molar-refractivity contribution in [3.05, 3.63) is 36.4 Å². The van der Waals surface area contributed by atoms with Crippen molar-refractivity contribution < 1.29 is 18.9 Å². The lowest BCUT2D eigenvalue weighted by molar-refractivity contribution is 0.302. The van der Waals surface area contributed by atoms with Gasteiger partial charge in [-0.15, -0.1) is 0 Å². The summed E-state index contributed by atoms with van der Waals surface area (Å²) < 4.78 is 24.4. The molecule has 2 rings (SSSR count). The summed E-state index contributed by atoms with van der Waals surface area (Å²) in [7, 11) is -0.870.